The van der Waals surface area contributed by atoms with Gasteiger partial charge in [-0.3, -0.25) is 9.59 Å². The number of ether oxygens (including phenoxy) is 5. The van der Waals surface area contributed by atoms with Crippen molar-refractivity contribution < 1.29 is 79.2 Å². The first-order valence-corrected chi connectivity index (χ1v) is 18.9. The van der Waals surface area contributed by atoms with Crippen LogP contribution in [0.1, 0.15) is 71.1 Å². The minimum absolute atomic E-state index is 0.274. The topological polar surface area (TPSA) is 312 Å². The van der Waals surface area contributed by atoms with Crippen molar-refractivity contribution in [3.8, 4) is 0 Å². The van der Waals surface area contributed by atoms with E-state index in [9.17, 15) is 55.5 Å². The highest BCUT2D eigenvalue weighted by atomic mass is 16.7. The molecule has 0 spiro atoms. The van der Waals surface area contributed by atoms with Crippen LogP contribution in [0.3, 0.4) is 0 Å². The Balaban J connectivity index is 1.58. The predicted molar refractivity (Wildman–Crippen MR) is 181 cm³/mol. The Kier molecular flexibility index (Phi) is 17.5. The number of nitrogens with two attached hydrogens (primary N) is 1. The molecule has 1 saturated carbocycles. The molecule has 0 aromatic heterocycles. The van der Waals surface area contributed by atoms with E-state index in [0.717, 1.165) is 32.1 Å². The summed E-state index contributed by atoms with van der Waals surface area (Å²) in [4.78, 5) is 25.4. The number of aliphatic hydroxyl groups excluding tert-OH is 8. The summed E-state index contributed by atoms with van der Waals surface area (Å²) < 4.78 is 29.5. The van der Waals surface area contributed by atoms with E-state index in [-0.39, 0.29) is 12.8 Å². The van der Waals surface area contributed by atoms with E-state index >= 15 is 0 Å². The lowest BCUT2D eigenvalue weighted by molar-refractivity contribution is -0.351. The Morgan fingerprint density at radius 1 is 0.698 bits per heavy atom. The molecule has 4 fully saturated rings. The van der Waals surface area contributed by atoms with Gasteiger partial charge >= 0.3 is 5.97 Å². The summed E-state index contributed by atoms with van der Waals surface area (Å²) in [6.07, 6.45) is -10.5. The molecule has 1 amide bonds. The van der Waals surface area contributed by atoms with Gasteiger partial charge in [0, 0.05) is 0 Å². The molecule has 3 heterocycles. The SMILES string of the molecule is CCCCCCCCN[C@H]1[C@H](OC2[C@@H](CO)O[C@@H](O)[C@H](N)[C@H]2O)O[C@H](CO)C(O[C@@H]2O[C@H](CO)[C@@H](O)[C@H](O)[C@H]2NC(=O)C2CCCCC2C(=O)O)[C@@H]1O. The van der Waals surface area contributed by atoms with E-state index in [1.54, 1.807) is 0 Å². The zero-order valence-corrected chi connectivity index (χ0v) is 30.2. The van der Waals surface area contributed by atoms with Gasteiger partial charge in [-0.05, 0) is 25.8 Å². The quantitative estimate of drug-likeness (QED) is 0.0599. The zero-order valence-electron chi connectivity index (χ0n) is 30.2. The molecule has 17 atom stereocenters. The van der Waals surface area contributed by atoms with E-state index in [1.165, 1.54) is 0 Å². The normalized spacial score (nSPS) is 42.3. The minimum atomic E-state index is -1.77. The molecule has 4 rings (SSSR count). The second-order valence-corrected chi connectivity index (χ2v) is 14.6. The number of rotatable bonds is 18. The lowest BCUT2D eigenvalue weighted by atomic mass is 9.78. The summed E-state index contributed by atoms with van der Waals surface area (Å²) in [6.45, 7) is 0.272. The van der Waals surface area contributed by atoms with E-state index in [1.807, 2.05) is 0 Å². The first-order valence-electron chi connectivity index (χ1n) is 18.9. The van der Waals surface area contributed by atoms with Gasteiger partial charge in [-0.2, -0.15) is 0 Å². The summed E-state index contributed by atoms with van der Waals surface area (Å²) in [7, 11) is 0. The lowest BCUT2D eigenvalue weighted by Gasteiger charge is -2.50. The van der Waals surface area contributed by atoms with E-state index < -0.39 is 135 Å². The Morgan fingerprint density at radius 3 is 1.87 bits per heavy atom. The smallest absolute Gasteiger partial charge is 0.307 e. The Bertz CT molecular complexity index is 1130. The summed E-state index contributed by atoms with van der Waals surface area (Å²) in [5.74, 6) is -3.77. The fourth-order valence-electron chi connectivity index (χ4n) is 7.69. The zero-order chi connectivity index (χ0) is 38.8. The van der Waals surface area contributed by atoms with Crippen LogP contribution >= 0.6 is 0 Å². The van der Waals surface area contributed by atoms with Crippen LogP contribution in [-0.2, 0) is 33.3 Å². The predicted octanol–water partition coefficient (Wildman–Crippen LogP) is -3.63. The van der Waals surface area contributed by atoms with Crippen molar-refractivity contribution >= 4 is 11.9 Å². The highest BCUT2D eigenvalue weighted by Crippen LogP contribution is 2.34. The molecule has 4 unspecified atom stereocenters. The van der Waals surface area contributed by atoms with Crippen LogP contribution in [0.2, 0.25) is 0 Å². The molecule has 3 saturated heterocycles. The second kappa shape index (κ2) is 21.0. The van der Waals surface area contributed by atoms with Crippen LogP contribution < -0.4 is 16.4 Å². The van der Waals surface area contributed by atoms with Crippen molar-refractivity contribution in [1.29, 1.82) is 0 Å². The molecule has 0 aromatic carbocycles. The van der Waals surface area contributed by atoms with Crippen molar-refractivity contribution in [3.05, 3.63) is 0 Å². The lowest BCUT2D eigenvalue weighted by Crippen LogP contribution is -2.70. The van der Waals surface area contributed by atoms with E-state index in [2.05, 4.69) is 17.6 Å². The van der Waals surface area contributed by atoms with Crippen LogP contribution in [0.25, 0.3) is 0 Å². The minimum Gasteiger partial charge on any atom is -0.481 e. The molecular weight excluding hydrogens is 706 g/mol. The molecule has 0 bridgehead atoms. The van der Waals surface area contributed by atoms with Gasteiger partial charge in [-0.1, -0.05) is 51.9 Å². The van der Waals surface area contributed by atoms with Crippen LogP contribution in [-0.4, -0.2) is 176 Å². The fourth-order valence-corrected chi connectivity index (χ4v) is 7.69. The molecular formula is C34H61N3O16. The number of unbranched alkanes of at least 4 members (excludes halogenated alkanes) is 5. The Labute approximate surface area is 308 Å². The third-order valence-corrected chi connectivity index (χ3v) is 10.9. The van der Waals surface area contributed by atoms with Gasteiger partial charge in [0.2, 0.25) is 5.91 Å². The van der Waals surface area contributed by atoms with Crippen molar-refractivity contribution in [1.82, 2.24) is 10.6 Å². The number of amides is 1. The van der Waals surface area contributed by atoms with Crippen molar-refractivity contribution in [3.63, 3.8) is 0 Å². The summed E-state index contributed by atoms with van der Waals surface area (Å²) in [5.41, 5.74) is 5.90. The standard InChI is InChI=1S/C34H61N3O16/c1-2-3-4-5-6-9-12-36-22-27(44)29(20(15-40)51-33(22)52-28-19(14-39)49-32(48)21(35)25(28)42)53-34-23(26(43)24(41)18(13-38)50-34)37-30(45)16-10-7-8-11-17(16)31(46)47/h16-29,32-34,36,38-44,48H,2-15,35H2,1H3,(H,37,45)(H,46,47)/t16?,17?,18-,19-,20-,21-,22-,23-,24-,25-,26-,27-,28?,29?,32-,33+,34+/m1/s1. The number of aliphatic hydroxyl groups is 8. The third kappa shape index (κ3) is 10.8. The fraction of sp³-hybridized carbons (Fsp3) is 0.941. The van der Waals surface area contributed by atoms with Gasteiger partial charge in [-0.15, -0.1) is 0 Å². The molecule has 19 heteroatoms. The maximum absolute atomic E-state index is 13.5. The number of carboxylic acids is 1. The largest absolute Gasteiger partial charge is 0.481 e. The molecule has 0 aromatic rings. The Morgan fingerprint density at radius 2 is 1.25 bits per heavy atom. The van der Waals surface area contributed by atoms with E-state index in [4.69, 9.17) is 29.4 Å². The molecule has 1 aliphatic carbocycles. The van der Waals surface area contributed by atoms with Crippen molar-refractivity contribution in [2.24, 2.45) is 17.6 Å². The Hall–Kier alpha value is -1.66. The molecule has 0 radical (unpaired) electrons. The van der Waals surface area contributed by atoms with Crippen LogP contribution in [0.15, 0.2) is 0 Å². The van der Waals surface area contributed by atoms with Crippen molar-refractivity contribution in [2.45, 2.75) is 163 Å². The van der Waals surface area contributed by atoms with Crippen LogP contribution in [0.4, 0.5) is 0 Å². The molecule has 19 nitrogen and oxygen atoms in total. The maximum atomic E-state index is 13.5. The average molecular weight is 768 g/mol. The van der Waals surface area contributed by atoms with Crippen LogP contribution in [0.5, 0.6) is 0 Å². The summed E-state index contributed by atoms with van der Waals surface area (Å²) in [6, 6.07) is -3.96. The molecule has 53 heavy (non-hydrogen) atoms. The number of hydrogen-bond donors (Lipinski definition) is 12. The number of hydrogen-bond acceptors (Lipinski definition) is 17. The van der Waals surface area contributed by atoms with Gasteiger partial charge in [0.1, 0.15) is 61.0 Å². The highest BCUT2D eigenvalue weighted by Gasteiger charge is 2.54. The van der Waals surface area contributed by atoms with Crippen LogP contribution in [0, 0.1) is 11.8 Å². The number of carbonyl (C=O) groups excluding carboxylic acids is 1. The van der Waals surface area contributed by atoms with Gasteiger partial charge in [0.15, 0.2) is 18.9 Å². The summed E-state index contributed by atoms with van der Waals surface area (Å²) in [5, 5.41) is 101. The maximum Gasteiger partial charge on any atom is 0.307 e. The van der Waals surface area contributed by atoms with Gasteiger partial charge in [0.25, 0.3) is 0 Å². The van der Waals surface area contributed by atoms with Gasteiger partial charge in [-0.25, -0.2) is 0 Å². The first kappa shape index (κ1) is 44.1. The van der Waals surface area contributed by atoms with Crippen molar-refractivity contribution in [2.75, 3.05) is 26.4 Å². The number of carbonyl (C=O) groups is 2. The van der Waals surface area contributed by atoms with Gasteiger partial charge in [0.05, 0.1) is 43.7 Å². The monoisotopic (exact) mass is 767 g/mol. The molecule has 308 valence electrons. The highest BCUT2D eigenvalue weighted by molar-refractivity contribution is 5.85. The summed E-state index contributed by atoms with van der Waals surface area (Å²) >= 11 is 0. The first-order chi connectivity index (χ1) is 25.4. The number of nitrogens with one attached hydrogen (secondary N) is 2. The van der Waals surface area contributed by atoms with E-state index in [0.29, 0.717) is 25.8 Å². The third-order valence-electron chi connectivity index (χ3n) is 10.9. The molecule has 4 aliphatic rings. The molecule has 13 N–H and O–H groups in total. The number of aliphatic carboxylic acids is 1. The average Bonchev–Trinajstić information content (AvgIpc) is 3.15. The molecule has 3 aliphatic heterocycles. The second-order valence-electron chi connectivity index (χ2n) is 14.6. The number of carboxylic acid groups (broad SMARTS) is 1. The van der Waals surface area contributed by atoms with Gasteiger partial charge < -0.3 is 86.0 Å².